The van der Waals surface area contributed by atoms with E-state index < -0.39 is 6.10 Å². The van der Waals surface area contributed by atoms with E-state index in [2.05, 4.69) is 111 Å². The van der Waals surface area contributed by atoms with Crippen LogP contribution < -0.4 is 0 Å². The molecule has 48 heavy (non-hydrogen) atoms. The molecule has 1 N–H and O–H groups in total. The fourth-order valence-electron chi connectivity index (χ4n) is 4.48. The van der Waals surface area contributed by atoms with Gasteiger partial charge in [-0.05, 0) is 89.9 Å². The van der Waals surface area contributed by atoms with Crippen molar-refractivity contribution in [3.63, 3.8) is 0 Å². The zero-order valence-electron chi connectivity index (χ0n) is 30.5. The summed E-state index contributed by atoms with van der Waals surface area (Å²) in [6, 6.07) is 0. The summed E-state index contributed by atoms with van der Waals surface area (Å²) in [5.41, 5.74) is 0. The van der Waals surface area contributed by atoms with Gasteiger partial charge < -0.3 is 14.6 Å². The smallest absolute Gasteiger partial charge is 0.306 e. The summed E-state index contributed by atoms with van der Waals surface area (Å²) in [7, 11) is 0. The topological polar surface area (TPSA) is 72.8 Å². The molecule has 0 aliphatic heterocycles. The van der Waals surface area contributed by atoms with Gasteiger partial charge in [-0.15, -0.1) is 0 Å². The van der Waals surface area contributed by atoms with Crippen molar-refractivity contribution in [1.82, 2.24) is 0 Å². The van der Waals surface area contributed by atoms with Gasteiger partial charge in [-0.25, -0.2) is 0 Å². The third-order valence-corrected chi connectivity index (χ3v) is 7.35. The van der Waals surface area contributed by atoms with Crippen LogP contribution >= 0.6 is 0 Å². The average Bonchev–Trinajstić information content (AvgIpc) is 3.09. The van der Waals surface area contributed by atoms with E-state index in [1.807, 2.05) is 0 Å². The normalized spacial score (nSPS) is 13.3. The molecule has 1 unspecified atom stereocenters. The maximum Gasteiger partial charge on any atom is 0.306 e. The largest absolute Gasteiger partial charge is 0.462 e. The monoisotopic (exact) mass is 665 g/mol. The van der Waals surface area contributed by atoms with Gasteiger partial charge in [-0.1, -0.05) is 137 Å². The fourth-order valence-corrected chi connectivity index (χ4v) is 4.48. The summed E-state index contributed by atoms with van der Waals surface area (Å²) < 4.78 is 10.5. The third-order valence-electron chi connectivity index (χ3n) is 7.35. The SMILES string of the molecule is CCCCC/C=C\C/C=C\C/C=C\C/C=C\CCCC(=O)OCC(CO)OC(=O)CCC/C=C\C/C=C\C/C=C\C/C=C\CCCCC. The first-order valence-electron chi connectivity index (χ1n) is 18.8. The van der Waals surface area contributed by atoms with Crippen molar-refractivity contribution in [2.75, 3.05) is 13.2 Å². The minimum absolute atomic E-state index is 0.122. The Hall–Kier alpha value is -3.18. The van der Waals surface area contributed by atoms with E-state index in [1.54, 1.807) is 0 Å². The molecule has 5 heteroatoms. The van der Waals surface area contributed by atoms with E-state index in [4.69, 9.17) is 9.47 Å². The average molecular weight is 665 g/mol. The second-order valence-electron chi connectivity index (χ2n) is 11.9. The van der Waals surface area contributed by atoms with Crippen LogP contribution in [0.15, 0.2) is 97.2 Å². The number of allylic oxidation sites excluding steroid dienone is 16. The van der Waals surface area contributed by atoms with Gasteiger partial charge in [0.2, 0.25) is 0 Å². The van der Waals surface area contributed by atoms with E-state index in [1.165, 1.54) is 51.4 Å². The number of ether oxygens (including phenoxy) is 2. The number of hydrogen-bond donors (Lipinski definition) is 1. The minimum atomic E-state index is -0.827. The molecule has 0 aliphatic rings. The van der Waals surface area contributed by atoms with Gasteiger partial charge in [-0.3, -0.25) is 9.59 Å². The molecule has 5 nitrogen and oxygen atoms in total. The molecular weight excluding hydrogens is 596 g/mol. The molecule has 0 amide bonds. The predicted octanol–water partition coefficient (Wildman–Crippen LogP) is 11.7. The molecule has 0 radical (unpaired) electrons. The molecule has 0 aromatic heterocycles. The van der Waals surface area contributed by atoms with E-state index in [-0.39, 0.29) is 31.6 Å². The van der Waals surface area contributed by atoms with E-state index >= 15 is 0 Å². The first-order valence-corrected chi connectivity index (χ1v) is 18.8. The lowest BCUT2D eigenvalue weighted by atomic mass is 10.2. The Bertz CT molecular complexity index is 979. The van der Waals surface area contributed by atoms with Crippen molar-refractivity contribution in [3.05, 3.63) is 97.2 Å². The zero-order chi connectivity index (χ0) is 35.0. The summed E-state index contributed by atoms with van der Waals surface area (Å²) >= 11 is 0. The van der Waals surface area contributed by atoms with Crippen molar-refractivity contribution in [3.8, 4) is 0 Å². The molecule has 0 heterocycles. The molecule has 0 aromatic rings. The number of unbranched alkanes of at least 4 members (excludes halogenated alkanes) is 8. The van der Waals surface area contributed by atoms with Gasteiger partial charge in [0.25, 0.3) is 0 Å². The van der Waals surface area contributed by atoms with Crippen molar-refractivity contribution < 1.29 is 24.2 Å². The zero-order valence-corrected chi connectivity index (χ0v) is 30.5. The van der Waals surface area contributed by atoms with Crippen LogP contribution in [0.25, 0.3) is 0 Å². The van der Waals surface area contributed by atoms with Crippen molar-refractivity contribution in [2.45, 2.75) is 148 Å². The van der Waals surface area contributed by atoms with Gasteiger partial charge in [0.05, 0.1) is 6.61 Å². The highest BCUT2D eigenvalue weighted by Crippen LogP contribution is 2.06. The van der Waals surface area contributed by atoms with Crippen LogP contribution in [0.5, 0.6) is 0 Å². The number of esters is 2. The van der Waals surface area contributed by atoms with Gasteiger partial charge in [-0.2, -0.15) is 0 Å². The number of aliphatic hydroxyl groups excluding tert-OH is 1. The molecule has 0 saturated carbocycles. The molecule has 0 bridgehead atoms. The Morgan fingerprint density at radius 2 is 0.812 bits per heavy atom. The molecular formula is C43H68O5. The first-order chi connectivity index (χ1) is 23.6. The fraction of sp³-hybridized carbons (Fsp3) is 0.581. The van der Waals surface area contributed by atoms with E-state index in [9.17, 15) is 14.7 Å². The Labute approximate surface area is 294 Å². The van der Waals surface area contributed by atoms with Crippen LogP contribution in [-0.2, 0) is 19.1 Å². The predicted molar refractivity (Wildman–Crippen MR) is 205 cm³/mol. The summed E-state index contributed by atoms with van der Waals surface area (Å²) in [5.74, 6) is -0.734. The summed E-state index contributed by atoms with van der Waals surface area (Å²) in [6.07, 6.45) is 53.2. The van der Waals surface area contributed by atoms with Crippen LogP contribution in [-0.4, -0.2) is 36.4 Å². The maximum atomic E-state index is 12.1. The molecule has 0 saturated heterocycles. The number of aliphatic hydroxyl groups is 1. The first kappa shape index (κ1) is 44.8. The molecule has 270 valence electrons. The van der Waals surface area contributed by atoms with Crippen LogP contribution in [0.1, 0.15) is 142 Å². The summed E-state index contributed by atoms with van der Waals surface area (Å²) in [5, 5.41) is 9.53. The van der Waals surface area contributed by atoms with E-state index in [0.717, 1.165) is 51.4 Å². The lowest BCUT2D eigenvalue weighted by molar-refractivity contribution is -0.161. The highest BCUT2D eigenvalue weighted by atomic mass is 16.6. The lowest BCUT2D eigenvalue weighted by Gasteiger charge is -2.15. The maximum absolute atomic E-state index is 12.1. The number of carbonyl (C=O) groups is 2. The summed E-state index contributed by atoms with van der Waals surface area (Å²) in [4.78, 5) is 24.2. The third kappa shape index (κ3) is 35.7. The highest BCUT2D eigenvalue weighted by molar-refractivity contribution is 5.70. The van der Waals surface area contributed by atoms with Crippen LogP contribution in [0.4, 0.5) is 0 Å². The quantitative estimate of drug-likeness (QED) is 0.0440. The Morgan fingerprint density at radius 1 is 0.479 bits per heavy atom. The second kappa shape index (κ2) is 38.3. The van der Waals surface area contributed by atoms with Crippen molar-refractivity contribution in [1.29, 1.82) is 0 Å². The summed E-state index contributed by atoms with van der Waals surface area (Å²) in [6.45, 7) is 3.96. The van der Waals surface area contributed by atoms with Gasteiger partial charge in [0.15, 0.2) is 6.10 Å². The molecule has 0 fully saturated rings. The Balaban J connectivity index is 3.81. The van der Waals surface area contributed by atoms with Gasteiger partial charge in [0.1, 0.15) is 6.61 Å². The standard InChI is InChI=1S/C43H68O5/c1-3-5-7-9-11-13-15-17-19-21-23-25-27-29-31-33-35-37-42(45)47-40-41(39-44)48-43(46)38-36-34-32-30-28-26-24-22-20-18-16-14-12-10-8-6-4-2/h11-14,17-20,23-26,29-32,41,44H,3-10,15-16,21-22,27-28,33-40H2,1-2H3/b13-11-,14-12-,19-17-,20-18-,25-23-,26-24-,31-29-,32-30-. The number of rotatable bonds is 32. The highest BCUT2D eigenvalue weighted by Gasteiger charge is 2.15. The molecule has 0 spiro atoms. The van der Waals surface area contributed by atoms with Crippen molar-refractivity contribution in [2.24, 2.45) is 0 Å². The Morgan fingerprint density at radius 3 is 1.17 bits per heavy atom. The van der Waals surface area contributed by atoms with E-state index in [0.29, 0.717) is 19.3 Å². The lowest BCUT2D eigenvalue weighted by Crippen LogP contribution is -2.28. The number of hydrogen-bond acceptors (Lipinski definition) is 5. The second-order valence-corrected chi connectivity index (χ2v) is 11.9. The van der Waals surface area contributed by atoms with Crippen LogP contribution in [0.3, 0.4) is 0 Å². The molecule has 0 aliphatic carbocycles. The van der Waals surface area contributed by atoms with Crippen LogP contribution in [0, 0.1) is 0 Å². The molecule has 0 aromatic carbocycles. The van der Waals surface area contributed by atoms with Crippen molar-refractivity contribution >= 4 is 11.9 Å². The molecule has 1 atom stereocenters. The Kier molecular flexibility index (Phi) is 35.7. The molecule has 0 rings (SSSR count). The van der Waals surface area contributed by atoms with Gasteiger partial charge in [0, 0.05) is 12.8 Å². The van der Waals surface area contributed by atoms with Gasteiger partial charge >= 0.3 is 11.9 Å². The van der Waals surface area contributed by atoms with Crippen LogP contribution in [0.2, 0.25) is 0 Å². The minimum Gasteiger partial charge on any atom is -0.462 e. The number of carbonyl (C=O) groups excluding carboxylic acids is 2.